The largest absolute Gasteiger partial charge is 0.313 e. The van der Waals surface area contributed by atoms with Gasteiger partial charge in [0.25, 0.3) is 0 Å². The minimum Gasteiger partial charge on any atom is -0.313 e. The Labute approximate surface area is 100 Å². The van der Waals surface area contributed by atoms with E-state index in [4.69, 9.17) is 0 Å². The molecule has 0 aliphatic carbocycles. The third-order valence-corrected chi connectivity index (χ3v) is 3.14. The van der Waals surface area contributed by atoms with Gasteiger partial charge in [0.2, 0.25) is 0 Å². The maximum Gasteiger partial charge on any atom is 0.0317 e. The van der Waals surface area contributed by atoms with Crippen LogP contribution in [0.25, 0.3) is 0 Å². The maximum atomic E-state index is 3.42. The van der Waals surface area contributed by atoms with Crippen molar-refractivity contribution in [1.29, 1.82) is 0 Å². The van der Waals surface area contributed by atoms with Crippen molar-refractivity contribution in [2.45, 2.75) is 52.0 Å². The number of unbranched alkanes of at least 4 members (excludes halogenated alkanes) is 3. The number of benzene rings is 1. The zero-order chi connectivity index (χ0) is 11.8. The molecule has 1 unspecified atom stereocenters. The molecule has 0 bridgehead atoms. The van der Waals surface area contributed by atoms with Crippen molar-refractivity contribution in [2.75, 3.05) is 7.05 Å². The van der Waals surface area contributed by atoms with E-state index in [1.165, 1.54) is 43.2 Å². The van der Waals surface area contributed by atoms with E-state index in [1.54, 1.807) is 0 Å². The topological polar surface area (TPSA) is 12.0 Å². The van der Waals surface area contributed by atoms with Gasteiger partial charge in [-0.2, -0.15) is 0 Å². The Kier molecular flexibility index (Phi) is 6.17. The van der Waals surface area contributed by atoms with Gasteiger partial charge in [0.15, 0.2) is 0 Å². The highest BCUT2D eigenvalue weighted by molar-refractivity contribution is 5.24. The molecule has 0 fully saturated rings. The summed E-state index contributed by atoms with van der Waals surface area (Å²) in [6.07, 6.45) is 6.62. The quantitative estimate of drug-likeness (QED) is 0.677. The van der Waals surface area contributed by atoms with Gasteiger partial charge in [-0.25, -0.2) is 0 Å². The molecule has 0 aromatic heterocycles. The molecule has 1 rings (SSSR count). The lowest BCUT2D eigenvalue weighted by molar-refractivity contribution is 0.505. The Morgan fingerprint density at radius 2 is 2.00 bits per heavy atom. The van der Waals surface area contributed by atoms with Crippen LogP contribution >= 0.6 is 0 Å². The number of rotatable bonds is 7. The first-order valence-corrected chi connectivity index (χ1v) is 6.51. The Bertz CT molecular complexity index is 293. The molecule has 1 N–H and O–H groups in total. The van der Waals surface area contributed by atoms with Gasteiger partial charge in [0, 0.05) is 6.04 Å². The summed E-state index contributed by atoms with van der Waals surface area (Å²) in [6.45, 7) is 4.42. The van der Waals surface area contributed by atoms with Gasteiger partial charge in [0.1, 0.15) is 0 Å². The molecule has 0 heterocycles. The van der Waals surface area contributed by atoms with Gasteiger partial charge < -0.3 is 5.32 Å². The predicted molar refractivity (Wildman–Crippen MR) is 71.7 cm³/mol. The molecule has 0 aliphatic rings. The summed E-state index contributed by atoms with van der Waals surface area (Å²) < 4.78 is 0. The number of aryl methyl sites for hydroxylation is 1. The first-order chi connectivity index (χ1) is 7.77. The molecule has 1 nitrogen and oxygen atoms in total. The third kappa shape index (κ3) is 4.36. The molecular weight excluding hydrogens is 194 g/mol. The Morgan fingerprint density at radius 3 is 2.62 bits per heavy atom. The Balaban J connectivity index is 2.47. The van der Waals surface area contributed by atoms with E-state index in [0.29, 0.717) is 6.04 Å². The third-order valence-electron chi connectivity index (χ3n) is 3.14. The summed E-state index contributed by atoms with van der Waals surface area (Å²) in [4.78, 5) is 0. The number of hydrogen-bond acceptors (Lipinski definition) is 1. The van der Waals surface area contributed by atoms with E-state index in [2.05, 4.69) is 50.5 Å². The van der Waals surface area contributed by atoms with Crippen LogP contribution in [0, 0.1) is 6.92 Å². The summed E-state index contributed by atoms with van der Waals surface area (Å²) in [6, 6.07) is 9.36. The molecule has 1 heteroatoms. The molecule has 90 valence electrons. The molecule has 1 aromatic rings. The van der Waals surface area contributed by atoms with E-state index < -0.39 is 0 Å². The first-order valence-electron chi connectivity index (χ1n) is 6.51. The lowest BCUT2D eigenvalue weighted by atomic mass is 9.99. The van der Waals surface area contributed by atoms with Crippen molar-refractivity contribution < 1.29 is 0 Å². The fraction of sp³-hybridized carbons (Fsp3) is 0.600. The van der Waals surface area contributed by atoms with Crippen molar-refractivity contribution >= 4 is 0 Å². The molecule has 1 atom stereocenters. The van der Waals surface area contributed by atoms with Crippen LogP contribution in [-0.2, 0) is 0 Å². The van der Waals surface area contributed by atoms with Crippen LogP contribution in [-0.4, -0.2) is 7.05 Å². The minimum absolute atomic E-state index is 0.525. The van der Waals surface area contributed by atoms with Crippen LogP contribution in [0.1, 0.15) is 56.2 Å². The predicted octanol–water partition coefficient (Wildman–Crippen LogP) is 4.23. The average molecular weight is 219 g/mol. The number of nitrogens with one attached hydrogen (secondary N) is 1. The van der Waals surface area contributed by atoms with E-state index in [9.17, 15) is 0 Å². The van der Waals surface area contributed by atoms with Gasteiger partial charge in [-0.05, 0) is 26.0 Å². The maximum absolute atomic E-state index is 3.42. The normalized spacial score (nSPS) is 12.7. The lowest BCUT2D eigenvalue weighted by Gasteiger charge is -2.17. The summed E-state index contributed by atoms with van der Waals surface area (Å²) in [7, 11) is 2.06. The van der Waals surface area contributed by atoms with E-state index >= 15 is 0 Å². The minimum atomic E-state index is 0.525. The monoisotopic (exact) mass is 219 g/mol. The Morgan fingerprint density at radius 1 is 1.19 bits per heavy atom. The van der Waals surface area contributed by atoms with Crippen LogP contribution in [0.15, 0.2) is 24.3 Å². The molecule has 0 radical (unpaired) electrons. The molecule has 0 saturated carbocycles. The van der Waals surface area contributed by atoms with Crippen LogP contribution in [0.2, 0.25) is 0 Å². The van der Waals surface area contributed by atoms with Crippen LogP contribution in [0.4, 0.5) is 0 Å². The van der Waals surface area contributed by atoms with Crippen molar-refractivity contribution in [2.24, 2.45) is 0 Å². The molecule has 0 spiro atoms. The SMILES string of the molecule is CCCCCCC(NC)c1cccc(C)c1. The van der Waals surface area contributed by atoms with Crippen molar-refractivity contribution in [3.8, 4) is 0 Å². The van der Waals surface area contributed by atoms with Gasteiger partial charge in [-0.3, -0.25) is 0 Å². The number of hydrogen-bond donors (Lipinski definition) is 1. The zero-order valence-electron chi connectivity index (χ0n) is 10.9. The van der Waals surface area contributed by atoms with Crippen molar-refractivity contribution in [1.82, 2.24) is 5.32 Å². The van der Waals surface area contributed by atoms with Gasteiger partial charge in [0.05, 0.1) is 0 Å². The van der Waals surface area contributed by atoms with Crippen LogP contribution < -0.4 is 5.32 Å². The molecule has 1 aromatic carbocycles. The second-order valence-electron chi connectivity index (χ2n) is 4.60. The van der Waals surface area contributed by atoms with Crippen molar-refractivity contribution in [3.05, 3.63) is 35.4 Å². The van der Waals surface area contributed by atoms with Crippen molar-refractivity contribution in [3.63, 3.8) is 0 Å². The summed E-state index contributed by atoms with van der Waals surface area (Å²) in [5.74, 6) is 0. The molecule has 0 aliphatic heterocycles. The first kappa shape index (κ1) is 13.2. The average Bonchev–Trinajstić information content (AvgIpc) is 2.29. The standard InChI is InChI=1S/C15H25N/c1-4-5-6-7-11-15(16-3)14-10-8-9-13(2)12-14/h8-10,12,15-16H,4-7,11H2,1-3H3. The highest BCUT2D eigenvalue weighted by atomic mass is 14.9. The fourth-order valence-corrected chi connectivity index (χ4v) is 2.14. The second kappa shape index (κ2) is 7.45. The van der Waals surface area contributed by atoms with E-state index in [0.717, 1.165) is 0 Å². The molecule has 16 heavy (non-hydrogen) atoms. The lowest BCUT2D eigenvalue weighted by Crippen LogP contribution is -2.16. The molecule has 0 saturated heterocycles. The second-order valence-corrected chi connectivity index (χ2v) is 4.60. The van der Waals surface area contributed by atoms with Gasteiger partial charge in [-0.15, -0.1) is 0 Å². The Hall–Kier alpha value is -0.820. The highest BCUT2D eigenvalue weighted by Crippen LogP contribution is 2.20. The van der Waals surface area contributed by atoms with Gasteiger partial charge >= 0.3 is 0 Å². The summed E-state index contributed by atoms with van der Waals surface area (Å²) >= 11 is 0. The smallest absolute Gasteiger partial charge is 0.0317 e. The highest BCUT2D eigenvalue weighted by Gasteiger charge is 2.08. The van der Waals surface area contributed by atoms with E-state index in [1.807, 2.05) is 0 Å². The fourth-order valence-electron chi connectivity index (χ4n) is 2.14. The summed E-state index contributed by atoms with van der Waals surface area (Å²) in [5, 5.41) is 3.42. The molecule has 0 amide bonds. The van der Waals surface area contributed by atoms with Crippen LogP contribution in [0.3, 0.4) is 0 Å². The molecular formula is C15H25N. The van der Waals surface area contributed by atoms with Gasteiger partial charge in [-0.1, -0.05) is 62.4 Å². The summed E-state index contributed by atoms with van der Waals surface area (Å²) in [5.41, 5.74) is 2.78. The van der Waals surface area contributed by atoms with E-state index in [-0.39, 0.29) is 0 Å². The van der Waals surface area contributed by atoms with Crippen LogP contribution in [0.5, 0.6) is 0 Å². The zero-order valence-corrected chi connectivity index (χ0v) is 10.9.